The molecule has 0 atom stereocenters. The first-order valence-corrected chi connectivity index (χ1v) is 10.2. The molecule has 0 saturated carbocycles. The van der Waals surface area contributed by atoms with Gasteiger partial charge in [0.25, 0.3) is 5.91 Å². The van der Waals surface area contributed by atoms with Crippen molar-refractivity contribution in [1.29, 1.82) is 0 Å². The van der Waals surface area contributed by atoms with E-state index in [1.165, 1.54) is 0 Å². The number of nitrogens with one attached hydrogen (secondary N) is 1. The van der Waals surface area contributed by atoms with Gasteiger partial charge in [0.15, 0.2) is 18.2 Å². The molecule has 1 amide bonds. The van der Waals surface area contributed by atoms with Crippen LogP contribution in [0.3, 0.4) is 0 Å². The number of anilines is 1. The molecule has 2 heterocycles. The molecule has 8 heteroatoms. The Morgan fingerprint density at radius 1 is 1.07 bits per heavy atom. The Kier molecular flexibility index (Phi) is 5.94. The molecule has 0 aliphatic heterocycles. The van der Waals surface area contributed by atoms with Crippen molar-refractivity contribution in [3.63, 3.8) is 0 Å². The summed E-state index contributed by atoms with van der Waals surface area (Å²) in [4.78, 5) is 12.5. The van der Waals surface area contributed by atoms with Gasteiger partial charge >= 0.3 is 0 Å². The van der Waals surface area contributed by atoms with Crippen molar-refractivity contribution < 1.29 is 9.53 Å². The van der Waals surface area contributed by atoms with Crippen LogP contribution in [0.15, 0.2) is 77.4 Å². The predicted octanol–water partition coefficient (Wildman–Crippen LogP) is 4.49. The van der Waals surface area contributed by atoms with Crippen molar-refractivity contribution in [2.75, 3.05) is 5.32 Å². The molecule has 2 aromatic carbocycles. The van der Waals surface area contributed by atoms with E-state index in [0.29, 0.717) is 18.1 Å². The van der Waals surface area contributed by atoms with Gasteiger partial charge in [-0.05, 0) is 42.8 Å². The third-order valence-electron chi connectivity index (χ3n) is 4.45. The van der Waals surface area contributed by atoms with Crippen LogP contribution in [0.25, 0.3) is 0 Å². The lowest BCUT2D eigenvalue weighted by Crippen LogP contribution is -2.15. The first-order valence-electron chi connectivity index (χ1n) is 9.38. The molecule has 4 rings (SSSR count). The topological polar surface area (TPSA) is 74.0 Å². The van der Waals surface area contributed by atoms with E-state index < -0.39 is 0 Å². The van der Waals surface area contributed by atoms with Crippen LogP contribution in [-0.2, 0) is 13.3 Å². The number of amides is 1. The molecule has 0 unspecified atom stereocenters. The smallest absolute Gasteiger partial charge is 0.277 e. The van der Waals surface area contributed by atoms with Crippen molar-refractivity contribution in [2.24, 2.45) is 0 Å². The summed E-state index contributed by atoms with van der Waals surface area (Å²) in [6.45, 7) is 2.81. The average molecular weight is 466 g/mol. The Morgan fingerprint density at radius 3 is 2.60 bits per heavy atom. The third-order valence-corrected chi connectivity index (χ3v) is 4.98. The number of rotatable bonds is 7. The Morgan fingerprint density at radius 2 is 1.83 bits per heavy atom. The van der Waals surface area contributed by atoms with Crippen molar-refractivity contribution in [2.45, 2.75) is 20.2 Å². The van der Waals surface area contributed by atoms with E-state index in [9.17, 15) is 4.79 Å². The molecule has 0 fully saturated rings. The van der Waals surface area contributed by atoms with Crippen LogP contribution in [0.4, 0.5) is 5.82 Å². The van der Waals surface area contributed by atoms with Crippen LogP contribution in [0.1, 0.15) is 21.7 Å². The van der Waals surface area contributed by atoms with Gasteiger partial charge in [0.05, 0.1) is 6.54 Å². The summed E-state index contributed by atoms with van der Waals surface area (Å²) in [5, 5.41) is 11.6. The van der Waals surface area contributed by atoms with Crippen LogP contribution in [0, 0.1) is 6.92 Å². The molecule has 152 valence electrons. The molecule has 2 aromatic heterocycles. The highest BCUT2D eigenvalue weighted by atomic mass is 79.9. The lowest BCUT2D eigenvalue weighted by atomic mass is 10.2. The van der Waals surface area contributed by atoms with Gasteiger partial charge < -0.3 is 10.1 Å². The summed E-state index contributed by atoms with van der Waals surface area (Å²) >= 11 is 3.39. The molecule has 30 heavy (non-hydrogen) atoms. The monoisotopic (exact) mass is 465 g/mol. The maximum Gasteiger partial charge on any atom is 0.277 e. The fraction of sp³-hybridized carbons (Fsp3) is 0.136. The second-order valence-corrected chi connectivity index (χ2v) is 7.65. The van der Waals surface area contributed by atoms with Crippen molar-refractivity contribution in [3.05, 3.63) is 94.4 Å². The summed E-state index contributed by atoms with van der Waals surface area (Å²) in [6.07, 6.45) is 1.70. The molecular formula is C22H20BrN5O2. The zero-order valence-electron chi connectivity index (χ0n) is 16.3. The number of aryl methyl sites for hydroxylation is 1. The summed E-state index contributed by atoms with van der Waals surface area (Å²) in [5.74, 6) is 0.898. The number of carbonyl (C=O) groups excluding carboxylic acids is 1. The van der Waals surface area contributed by atoms with E-state index in [2.05, 4.69) is 31.4 Å². The first-order chi connectivity index (χ1) is 14.6. The molecule has 0 aliphatic carbocycles. The van der Waals surface area contributed by atoms with Crippen LogP contribution in [0.2, 0.25) is 0 Å². The number of benzene rings is 2. The molecular weight excluding hydrogens is 446 g/mol. The van der Waals surface area contributed by atoms with Crippen LogP contribution < -0.4 is 10.1 Å². The largest absolute Gasteiger partial charge is 0.471 e. The summed E-state index contributed by atoms with van der Waals surface area (Å²) in [7, 11) is 0. The van der Waals surface area contributed by atoms with Gasteiger partial charge in [0, 0.05) is 22.4 Å². The molecule has 4 aromatic rings. The minimum atomic E-state index is -0.318. The number of hydrogen-bond acceptors (Lipinski definition) is 4. The summed E-state index contributed by atoms with van der Waals surface area (Å²) < 4.78 is 10.1. The quantitative estimate of drug-likeness (QED) is 0.436. The van der Waals surface area contributed by atoms with E-state index in [0.717, 1.165) is 21.5 Å². The number of carbonyl (C=O) groups is 1. The number of halogens is 1. The highest BCUT2D eigenvalue weighted by Crippen LogP contribution is 2.16. The standard InChI is InChI=1S/C22H20BrN5O2/c1-16-13-21(26-28(16)14-17-5-3-2-4-6-17)24-22(29)20-11-12-27(25-20)15-30-19-9-7-18(23)8-10-19/h2-13H,14-15H2,1H3,(H,24,26,29). The second-order valence-electron chi connectivity index (χ2n) is 6.74. The number of ether oxygens (including phenoxy) is 1. The van der Waals surface area contributed by atoms with Gasteiger partial charge in [-0.1, -0.05) is 46.3 Å². The minimum absolute atomic E-state index is 0.208. The van der Waals surface area contributed by atoms with E-state index in [1.807, 2.05) is 72.3 Å². The SMILES string of the molecule is Cc1cc(NC(=O)c2ccn(COc3ccc(Br)cc3)n2)nn1Cc1ccccc1. The Hall–Kier alpha value is -3.39. The van der Waals surface area contributed by atoms with Gasteiger partial charge in [-0.25, -0.2) is 4.68 Å². The predicted molar refractivity (Wildman–Crippen MR) is 117 cm³/mol. The molecule has 0 radical (unpaired) electrons. The summed E-state index contributed by atoms with van der Waals surface area (Å²) in [5.41, 5.74) is 2.40. The van der Waals surface area contributed by atoms with E-state index in [-0.39, 0.29) is 12.6 Å². The second kappa shape index (κ2) is 8.96. The van der Waals surface area contributed by atoms with Gasteiger partial charge in [-0.2, -0.15) is 10.2 Å². The highest BCUT2D eigenvalue weighted by Gasteiger charge is 2.13. The van der Waals surface area contributed by atoms with Crippen molar-refractivity contribution >= 4 is 27.7 Å². The van der Waals surface area contributed by atoms with Crippen molar-refractivity contribution in [3.8, 4) is 5.75 Å². The highest BCUT2D eigenvalue weighted by molar-refractivity contribution is 9.10. The van der Waals surface area contributed by atoms with E-state index in [4.69, 9.17) is 4.74 Å². The van der Waals surface area contributed by atoms with Crippen molar-refractivity contribution in [1.82, 2.24) is 19.6 Å². The van der Waals surface area contributed by atoms with Crippen LogP contribution >= 0.6 is 15.9 Å². The fourth-order valence-corrected chi connectivity index (χ4v) is 3.16. The van der Waals surface area contributed by atoms with Crippen LogP contribution in [0.5, 0.6) is 5.75 Å². The lowest BCUT2D eigenvalue weighted by molar-refractivity contribution is 0.101. The Balaban J connectivity index is 1.36. The molecule has 0 bridgehead atoms. The molecule has 7 nitrogen and oxygen atoms in total. The van der Waals surface area contributed by atoms with E-state index >= 15 is 0 Å². The Labute approximate surface area is 182 Å². The first kappa shape index (κ1) is 19.9. The zero-order chi connectivity index (χ0) is 20.9. The fourth-order valence-electron chi connectivity index (χ4n) is 2.89. The molecule has 0 saturated heterocycles. The minimum Gasteiger partial charge on any atom is -0.471 e. The molecule has 0 aliphatic rings. The summed E-state index contributed by atoms with van der Waals surface area (Å²) in [6, 6.07) is 21.1. The maximum absolute atomic E-state index is 12.5. The maximum atomic E-state index is 12.5. The Bertz CT molecular complexity index is 1140. The van der Waals surface area contributed by atoms with Gasteiger partial charge in [-0.15, -0.1) is 0 Å². The number of nitrogens with zero attached hydrogens (tertiary/aromatic N) is 4. The zero-order valence-corrected chi connectivity index (χ0v) is 17.9. The lowest BCUT2D eigenvalue weighted by Gasteiger charge is -2.06. The van der Waals surface area contributed by atoms with Gasteiger partial charge in [0.1, 0.15) is 5.75 Å². The average Bonchev–Trinajstić information content (AvgIpc) is 3.35. The normalized spacial score (nSPS) is 10.7. The van der Waals surface area contributed by atoms with Gasteiger partial charge in [-0.3, -0.25) is 9.48 Å². The van der Waals surface area contributed by atoms with Gasteiger partial charge in [0.2, 0.25) is 0 Å². The molecule has 0 spiro atoms. The number of aromatic nitrogens is 4. The van der Waals surface area contributed by atoms with Crippen LogP contribution in [-0.4, -0.2) is 25.5 Å². The third kappa shape index (κ3) is 4.96. The number of hydrogen-bond donors (Lipinski definition) is 1. The molecule has 1 N–H and O–H groups in total. The van der Waals surface area contributed by atoms with E-state index in [1.54, 1.807) is 16.9 Å².